The molecule has 0 amide bonds. The van der Waals surface area contributed by atoms with Crippen molar-refractivity contribution in [2.24, 2.45) is 0 Å². The lowest BCUT2D eigenvalue weighted by Gasteiger charge is -2.29. The van der Waals surface area contributed by atoms with E-state index in [-0.39, 0.29) is 0 Å². The van der Waals surface area contributed by atoms with Crippen LogP contribution in [0.1, 0.15) is 38.5 Å². The molecule has 1 saturated carbocycles. The van der Waals surface area contributed by atoms with Crippen LogP contribution in [-0.4, -0.2) is 22.6 Å². The predicted octanol–water partition coefficient (Wildman–Crippen LogP) is 2.67. The molecule has 1 aliphatic carbocycles. The third-order valence-electron chi connectivity index (χ3n) is 2.76. The number of hydrogen-bond acceptors (Lipinski definition) is 2. The maximum atomic E-state index is 2.64. The first-order valence-electron chi connectivity index (χ1n) is 4.86. The normalized spacial score (nSPS) is 29.5. The molecule has 0 radical (unpaired) electrons. The molecule has 1 aliphatic heterocycles. The van der Waals surface area contributed by atoms with Crippen molar-refractivity contribution >= 4 is 11.9 Å². The predicted molar refractivity (Wildman–Crippen MR) is 50.7 cm³/mol. The Bertz CT molecular complexity index is 115. The van der Waals surface area contributed by atoms with Gasteiger partial charge in [0.2, 0.25) is 0 Å². The molecule has 0 aromatic rings. The Kier molecular flexibility index (Phi) is 2.75. The summed E-state index contributed by atoms with van der Waals surface area (Å²) in [5.74, 6) is 1.37. The van der Waals surface area contributed by atoms with E-state index in [0.29, 0.717) is 0 Å². The molecule has 64 valence electrons. The maximum Gasteiger partial charge on any atom is 0.0202 e. The lowest BCUT2D eigenvalue weighted by atomic mass is 9.95. The molecule has 0 bridgehead atoms. The van der Waals surface area contributed by atoms with E-state index in [9.17, 15) is 0 Å². The first kappa shape index (κ1) is 7.93. The zero-order chi connectivity index (χ0) is 7.52. The van der Waals surface area contributed by atoms with Crippen molar-refractivity contribution in [1.82, 2.24) is 4.31 Å². The van der Waals surface area contributed by atoms with Crippen molar-refractivity contribution in [1.29, 1.82) is 0 Å². The first-order valence-corrected chi connectivity index (χ1v) is 5.80. The molecule has 0 aromatic heterocycles. The van der Waals surface area contributed by atoms with Crippen LogP contribution in [0.3, 0.4) is 0 Å². The van der Waals surface area contributed by atoms with E-state index in [1.807, 2.05) is 0 Å². The Morgan fingerprint density at radius 2 is 1.82 bits per heavy atom. The average Bonchev–Trinajstić information content (AvgIpc) is 2.58. The Morgan fingerprint density at radius 3 is 2.45 bits per heavy atom. The number of hydrogen-bond donors (Lipinski definition) is 0. The molecular weight excluding hydrogens is 154 g/mol. The Morgan fingerprint density at radius 1 is 1.00 bits per heavy atom. The van der Waals surface area contributed by atoms with Gasteiger partial charge in [-0.15, -0.1) is 0 Å². The Balaban J connectivity index is 1.82. The third-order valence-corrected chi connectivity index (χ3v) is 4.05. The van der Waals surface area contributed by atoms with Gasteiger partial charge in [-0.1, -0.05) is 31.2 Å². The van der Waals surface area contributed by atoms with Crippen LogP contribution < -0.4 is 0 Å². The molecule has 0 atom stereocenters. The maximum absolute atomic E-state index is 2.64. The minimum absolute atomic E-state index is 0.941. The highest BCUT2D eigenvalue weighted by atomic mass is 32.2. The second-order valence-electron chi connectivity index (χ2n) is 3.62. The van der Waals surface area contributed by atoms with E-state index in [1.54, 1.807) is 0 Å². The monoisotopic (exact) mass is 171 g/mol. The van der Waals surface area contributed by atoms with Crippen LogP contribution in [-0.2, 0) is 0 Å². The summed E-state index contributed by atoms with van der Waals surface area (Å²) in [6.45, 7) is 1.36. The van der Waals surface area contributed by atoms with E-state index >= 15 is 0 Å². The van der Waals surface area contributed by atoms with Crippen LogP contribution >= 0.6 is 11.9 Å². The van der Waals surface area contributed by atoms with E-state index in [4.69, 9.17) is 0 Å². The molecule has 1 nitrogen and oxygen atoms in total. The molecular formula is C9H17NS. The summed E-state index contributed by atoms with van der Waals surface area (Å²) in [5, 5.41) is 0. The lowest BCUT2D eigenvalue weighted by molar-refractivity contribution is 0.282. The van der Waals surface area contributed by atoms with Gasteiger partial charge in [-0.2, -0.15) is 0 Å². The van der Waals surface area contributed by atoms with Crippen molar-refractivity contribution in [2.75, 3.05) is 12.3 Å². The van der Waals surface area contributed by atoms with Crippen LogP contribution in [0.4, 0.5) is 0 Å². The van der Waals surface area contributed by atoms with Gasteiger partial charge in [0.1, 0.15) is 0 Å². The van der Waals surface area contributed by atoms with Crippen LogP contribution in [0.25, 0.3) is 0 Å². The molecule has 2 fully saturated rings. The highest BCUT2D eigenvalue weighted by Gasteiger charge is 2.23. The van der Waals surface area contributed by atoms with Crippen LogP contribution in [0, 0.1) is 0 Å². The van der Waals surface area contributed by atoms with Crippen molar-refractivity contribution < 1.29 is 0 Å². The van der Waals surface area contributed by atoms with Gasteiger partial charge in [0.15, 0.2) is 0 Å². The summed E-state index contributed by atoms with van der Waals surface area (Å²) >= 11 is 2.08. The van der Waals surface area contributed by atoms with E-state index in [0.717, 1.165) is 6.04 Å². The lowest BCUT2D eigenvalue weighted by Crippen LogP contribution is -2.29. The standard InChI is InChI=1S/C9H17NS/c1-2-5-9(6-3-1)10-7-4-8-11-10/h9H,1-8H2. The quantitative estimate of drug-likeness (QED) is 0.558. The van der Waals surface area contributed by atoms with Gasteiger partial charge in [-0.25, -0.2) is 4.31 Å². The van der Waals surface area contributed by atoms with Crippen molar-refractivity contribution in [3.05, 3.63) is 0 Å². The van der Waals surface area contributed by atoms with E-state index < -0.39 is 0 Å². The van der Waals surface area contributed by atoms with Crippen LogP contribution in [0.15, 0.2) is 0 Å². The summed E-state index contributed by atoms with van der Waals surface area (Å²) < 4.78 is 2.64. The van der Waals surface area contributed by atoms with Gasteiger partial charge in [-0.3, -0.25) is 0 Å². The molecule has 2 aliphatic rings. The first-order chi connectivity index (χ1) is 5.47. The molecule has 2 heteroatoms. The minimum atomic E-state index is 0.941. The van der Waals surface area contributed by atoms with Gasteiger partial charge in [-0.05, 0) is 19.3 Å². The highest BCUT2D eigenvalue weighted by Crippen LogP contribution is 2.30. The SMILES string of the molecule is C1CCC(N2CCCS2)CC1. The summed E-state index contributed by atoms with van der Waals surface area (Å²) in [6, 6.07) is 0.941. The van der Waals surface area contributed by atoms with Crippen molar-refractivity contribution in [3.8, 4) is 0 Å². The average molecular weight is 171 g/mol. The molecule has 1 saturated heterocycles. The summed E-state index contributed by atoms with van der Waals surface area (Å²) in [7, 11) is 0. The number of nitrogens with zero attached hydrogens (tertiary/aromatic N) is 1. The Labute approximate surface area is 73.7 Å². The van der Waals surface area contributed by atoms with Gasteiger partial charge in [0, 0.05) is 18.3 Å². The summed E-state index contributed by atoms with van der Waals surface area (Å²) in [5.41, 5.74) is 0. The fraction of sp³-hybridized carbons (Fsp3) is 1.00. The van der Waals surface area contributed by atoms with Crippen molar-refractivity contribution in [3.63, 3.8) is 0 Å². The summed E-state index contributed by atoms with van der Waals surface area (Å²) in [4.78, 5) is 0. The summed E-state index contributed by atoms with van der Waals surface area (Å²) in [6.07, 6.45) is 8.78. The fourth-order valence-corrected chi connectivity index (χ4v) is 3.30. The molecule has 11 heavy (non-hydrogen) atoms. The second-order valence-corrected chi connectivity index (χ2v) is 4.75. The molecule has 1 heterocycles. The second kappa shape index (κ2) is 3.81. The van der Waals surface area contributed by atoms with Crippen LogP contribution in [0.5, 0.6) is 0 Å². The van der Waals surface area contributed by atoms with Gasteiger partial charge < -0.3 is 0 Å². The van der Waals surface area contributed by atoms with Gasteiger partial charge in [0.25, 0.3) is 0 Å². The fourth-order valence-electron chi connectivity index (χ4n) is 2.12. The van der Waals surface area contributed by atoms with Gasteiger partial charge in [0.05, 0.1) is 0 Å². The zero-order valence-electron chi connectivity index (χ0n) is 7.09. The van der Waals surface area contributed by atoms with Crippen LogP contribution in [0.2, 0.25) is 0 Å². The van der Waals surface area contributed by atoms with Crippen molar-refractivity contribution in [2.45, 2.75) is 44.6 Å². The molecule has 0 N–H and O–H groups in total. The van der Waals surface area contributed by atoms with E-state index in [1.165, 1.54) is 50.8 Å². The third kappa shape index (κ3) is 1.91. The van der Waals surface area contributed by atoms with Gasteiger partial charge >= 0.3 is 0 Å². The molecule has 0 spiro atoms. The molecule has 2 rings (SSSR count). The largest absolute Gasteiger partial charge is 0.248 e. The minimum Gasteiger partial charge on any atom is -0.248 e. The zero-order valence-corrected chi connectivity index (χ0v) is 7.91. The smallest absolute Gasteiger partial charge is 0.0202 e. The van der Waals surface area contributed by atoms with E-state index in [2.05, 4.69) is 16.3 Å². The molecule has 0 aromatic carbocycles. The Hall–Kier alpha value is 0.310. The highest BCUT2D eigenvalue weighted by molar-refractivity contribution is 7.97. The molecule has 0 unspecified atom stereocenters. The topological polar surface area (TPSA) is 3.24 Å². The number of rotatable bonds is 1.